The van der Waals surface area contributed by atoms with Crippen LogP contribution in [0.15, 0.2) is 18.2 Å². The van der Waals surface area contributed by atoms with E-state index in [9.17, 15) is 4.39 Å². The molecule has 0 heterocycles. The van der Waals surface area contributed by atoms with E-state index in [2.05, 4.69) is 4.85 Å². The third-order valence-corrected chi connectivity index (χ3v) is 1.76. The van der Waals surface area contributed by atoms with E-state index in [1.807, 2.05) is 13.8 Å². The Morgan fingerprint density at radius 2 is 2.00 bits per heavy atom. The van der Waals surface area contributed by atoms with Crippen molar-refractivity contribution in [2.45, 2.75) is 27.2 Å². The molecular weight excluding hydrogens is 165 g/mol. The summed E-state index contributed by atoms with van der Waals surface area (Å²) < 4.78 is 12.8. The third kappa shape index (κ3) is 2.55. The molecule has 0 N–H and O–H groups in total. The second kappa shape index (κ2) is 4.61. The molecule has 2 heteroatoms. The number of hydrogen-bond donors (Lipinski definition) is 0. The van der Waals surface area contributed by atoms with Gasteiger partial charge in [-0.3, -0.25) is 0 Å². The van der Waals surface area contributed by atoms with Crippen LogP contribution in [0.3, 0.4) is 0 Å². The van der Waals surface area contributed by atoms with Crippen LogP contribution in [-0.4, -0.2) is 0 Å². The van der Waals surface area contributed by atoms with E-state index in [1.54, 1.807) is 12.1 Å². The normalized spacial score (nSPS) is 9.15. The molecular formula is C11H14FN. The van der Waals surface area contributed by atoms with Crippen molar-refractivity contribution >= 4 is 5.69 Å². The molecule has 0 bridgehead atoms. The SMILES string of the molecule is C.[C-]#[N+]c1cc(C(C)C)ccc1F. The van der Waals surface area contributed by atoms with Gasteiger partial charge in [-0.2, -0.15) is 0 Å². The van der Waals surface area contributed by atoms with Gasteiger partial charge in [0.15, 0.2) is 0 Å². The van der Waals surface area contributed by atoms with Crippen molar-refractivity contribution in [3.05, 3.63) is 41.0 Å². The van der Waals surface area contributed by atoms with Crippen molar-refractivity contribution in [1.29, 1.82) is 0 Å². The van der Waals surface area contributed by atoms with Gasteiger partial charge in [-0.15, -0.1) is 0 Å². The standard InChI is InChI=1S/C10H10FN.CH4/c1-7(2)8-4-5-9(11)10(6-8)12-3;/h4-7H,1-2H3;1H4. The summed E-state index contributed by atoms with van der Waals surface area (Å²) in [5.74, 6) is -0.0968. The zero-order valence-electron chi connectivity index (χ0n) is 7.13. The first-order valence-corrected chi connectivity index (χ1v) is 3.82. The van der Waals surface area contributed by atoms with Crippen molar-refractivity contribution in [3.63, 3.8) is 0 Å². The highest BCUT2D eigenvalue weighted by Gasteiger charge is 2.04. The van der Waals surface area contributed by atoms with Crippen LogP contribution in [-0.2, 0) is 0 Å². The number of hydrogen-bond acceptors (Lipinski definition) is 0. The molecule has 0 saturated heterocycles. The summed E-state index contributed by atoms with van der Waals surface area (Å²) in [7, 11) is 0. The molecule has 0 aliphatic heterocycles. The lowest BCUT2D eigenvalue weighted by Crippen LogP contribution is -1.86. The molecule has 1 rings (SSSR count). The van der Waals surface area contributed by atoms with Crippen LogP contribution < -0.4 is 0 Å². The van der Waals surface area contributed by atoms with Gasteiger partial charge >= 0.3 is 0 Å². The third-order valence-electron chi connectivity index (χ3n) is 1.76. The molecule has 0 fully saturated rings. The number of rotatable bonds is 1. The van der Waals surface area contributed by atoms with Gasteiger partial charge < -0.3 is 0 Å². The molecule has 0 aliphatic rings. The van der Waals surface area contributed by atoms with Gasteiger partial charge in [0, 0.05) is 0 Å². The first-order valence-electron chi connectivity index (χ1n) is 3.82. The second-order valence-electron chi connectivity index (χ2n) is 2.98. The molecule has 0 aromatic heterocycles. The Morgan fingerprint density at radius 1 is 1.38 bits per heavy atom. The van der Waals surface area contributed by atoms with Crippen molar-refractivity contribution in [1.82, 2.24) is 0 Å². The quantitative estimate of drug-likeness (QED) is 0.571. The molecule has 0 radical (unpaired) electrons. The summed E-state index contributed by atoms with van der Waals surface area (Å²) in [5, 5.41) is 0. The van der Waals surface area contributed by atoms with Crippen molar-refractivity contribution in [2.24, 2.45) is 0 Å². The topological polar surface area (TPSA) is 4.36 Å². The number of halogens is 1. The largest absolute Gasteiger partial charge is 0.235 e. The zero-order valence-corrected chi connectivity index (χ0v) is 7.13. The first-order chi connectivity index (χ1) is 5.65. The molecule has 0 atom stereocenters. The molecule has 13 heavy (non-hydrogen) atoms. The highest BCUT2D eigenvalue weighted by Crippen LogP contribution is 2.23. The van der Waals surface area contributed by atoms with Crippen LogP contribution in [0, 0.1) is 12.4 Å². The van der Waals surface area contributed by atoms with Gasteiger partial charge in [0.2, 0.25) is 5.69 Å². The Kier molecular flexibility index (Phi) is 4.13. The van der Waals surface area contributed by atoms with E-state index in [1.165, 1.54) is 6.07 Å². The number of benzene rings is 1. The molecule has 1 nitrogen and oxygen atoms in total. The monoisotopic (exact) mass is 179 g/mol. The highest BCUT2D eigenvalue weighted by atomic mass is 19.1. The summed E-state index contributed by atoms with van der Waals surface area (Å²) in [6.07, 6.45) is 0. The molecule has 1 aromatic rings. The molecule has 0 amide bonds. The maximum absolute atomic E-state index is 12.8. The van der Waals surface area contributed by atoms with Crippen LogP contribution in [0.4, 0.5) is 10.1 Å². The fraction of sp³-hybridized carbons (Fsp3) is 0.364. The van der Waals surface area contributed by atoms with Crippen LogP contribution >= 0.6 is 0 Å². The fourth-order valence-electron chi connectivity index (χ4n) is 0.974. The Bertz CT molecular complexity index is 323. The highest BCUT2D eigenvalue weighted by molar-refractivity contribution is 5.48. The minimum absolute atomic E-state index is 0. The van der Waals surface area contributed by atoms with Gasteiger partial charge in [-0.25, -0.2) is 9.24 Å². The minimum Gasteiger partial charge on any atom is -0.235 e. The van der Waals surface area contributed by atoms with Gasteiger partial charge in [-0.05, 0) is 12.0 Å². The van der Waals surface area contributed by atoms with Crippen molar-refractivity contribution in [3.8, 4) is 0 Å². The average molecular weight is 179 g/mol. The maximum atomic E-state index is 12.8. The lowest BCUT2D eigenvalue weighted by atomic mass is 10.0. The Balaban J connectivity index is 0.00000144. The van der Waals surface area contributed by atoms with Crippen LogP contribution in [0.25, 0.3) is 4.85 Å². The van der Waals surface area contributed by atoms with E-state index in [0.717, 1.165) is 5.56 Å². The molecule has 0 aliphatic carbocycles. The van der Waals surface area contributed by atoms with Gasteiger partial charge in [0.25, 0.3) is 0 Å². The molecule has 1 aromatic carbocycles. The molecule has 70 valence electrons. The summed E-state index contributed by atoms with van der Waals surface area (Å²) in [6.45, 7) is 10.7. The molecule has 0 spiro atoms. The van der Waals surface area contributed by atoms with Gasteiger partial charge in [-0.1, -0.05) is 39.0 Å². The van der Waals surface area contributed by atoms with E-state index in [0.29, 0.717) is 5.92 Å². The van der Waals surface area contributed by atoms with Gasteiger partial charge in [0.1, 0.15) is 5.82 Å². The Hall–Kier alpha value is -1.36. The predicted molar refractivity (Wildman–Crippen MR) is 53.5 cm³/mol. The molecule has 0 saturated carbocycles. The van der Waals surface area contributed by atoms with Crippen molar-refractivity contribution in [2.75, 3.05) is 0 Å². The second-order valence-corrected chi connectivity index (χ2v) is 2.98. The maximum Gasteiger partial charge on any atom is 0.222 e. The summed E-state index contributed by atoms with van der Waals surface area (Å²) in [4.78, 5) is 3.09. The first kappa shape index (κ1) is 11.6. The van der Waals surface area contributed by atoms with Crippen LogP contribution in [0.5, 0.6) is 0 Å². The van der Waals surface area contributed by atoms with Crippen LogP contribution in [0.1, 0.15) is 32.8 Å². The lowest BCUT2D eigenvalue weighted by Gasteiger charge is -2.04. The Labute approximate surface area is 79.0 Å². The zero-order chi connectivity index (χ0) is 9.14. The Morgan fingerprint density at radius 3 is 2.46 bits per heavy atom. The smallest absolute Gasteiger partial charge is 0.222 e. The average Bonchev–Trinajstić information content (AvgIpc) is 2.05. The summed E-state index contributed by atoms with van der Waals surface area (Å²) >= 11 is 0. The minimum atomic E-state index is -0.436. The predicted octanol–water partition coefficient (Wildman–Crippen LogP) is 4.14. The lowest BCUT2D eigenvalue weighted by molar-refractivity contribution is 0.632. The summed E-state index contributed by atoms with van der Waals surface area (Å²) in [5.41, 5.74) is 1.11. The van der Waals surface area contributed by atoms with Gasteiger partial charge in [0.05, 0.1) is 6.57 Å². The van der Waals surface area contributed by atoms with E-state index >= 15 is 0 Å². The van der Waals surface area contributed by atoms with Crippen molar-refractivity contribution < 1.29 is 4.39 Å². The van der Waals surface area contributed by atoms with Crippen LogP contribution in [0.2, 0.25) is 0 Å². The van der Waals surface area contributed by atoms with E-state index < -0.39 is 5.82 Å². The number of nitrogens with zero attached hydrogens (tertiary/aromatic N) is 1. The molecule has 0 unspecified atom stereocenters. The fourth-order valence-corrected chi connectivity index (χ4v) is 0.974. The summed E-state index contributed by atoms with van der Waals surface area (Å²) in [6, 6.07) is 4.67. The van der Waals surface area contributed by atoms with E-state index in [4.69, 9.17) is 6.57 Å². The van der Waals surface area contributed by atoms with E-state index in [-0.39, 0.29) is 13.1 Å².